The Hall–Kier alpha value is -1.35. The van der Waals surface area contributed by atoms with Crippen LogP contribution in [0.15, 0.2) is 30.3 Å². The minimum Gasteiger partial charge on any atom is -0.315 e. The number of amides is 1. The predicted octanol–water partition coefficient (Wildman–Crippen LogP) is 1.60. The number of carbonyl (C=O) groups is 1. The first-order valence-corrected chi connectivity index (χ1v) is 5.07. The van der Waals surface area contributed by atoms with Crippen molar-refractivity contribution in [3.05, 3.63) is 30.3 Å². The summed E-state index contributed by atoms with van der Waals surface area (Å²) in [6, 6.07) is 9.69. The fourth-order valence-electron chi connectivity index (χ4n) is 1.28. The first-order valence-electron chi connectivity index (χ1n) is 5.07. The summed E-state index contributed by atoms with van der Waals surface area (Å²) in [6.45, 7) is 0.788. The molecular weight excluding hydrogens is 188 g/mol. The summed E-state index contributed by atoms with van der Waals surface area (Å²) in [5.74, 6) is 0.148. The van der Waals surface area contributed by atoms with Crippen molar-refractivity contribution in [3.8, 4) is 0 Å². The molecule has 1 aromatic carbocycles. The molecule has 0 spiro atoms. The van der Waals surface area contributed by atoms with Crippen LogP contribution in [0.1, 0.15) is 6.42 Å². The van der Waals surface area contributed by atoms with Crippen molar-refractivity contribution in [2.75, 3.05) is 32.6 Å². The topological polar surface area (TPSA) is 23.6 Å². The number of rotatable bonds is 4. The first kappa shape index (κ1) is 11.7. The molecule has 1 aromatic rings. The zero-order valence-corrected chi connectivity index (χ0v) is 9.60. The molecule has 15 heavy (non-hydrogen) atoms. The van der Waals surface area contributed by atoms with Crippen molar-refractivity contribution in [3.63, 3.8) is 0 Å². The van der Waals surface area contributed by atoms with E-state index in [1.54, 1.807) is 4.90 Å². The Bertz CT molecular complexity index is 309. The zero-order valence-electron chi connectivity index (χ0n) is 9.60. The normalized spacial score (nSPS) is 10.4. The molecule has 0 saturated heterocycles. The Balaban J connectivity index is 2.54. The molecule has 0 unspecified atom stereocenters. The van der Waals surface area contributed by atoms with Crippen molar-refractivity contribution < 1.29 is 4.79 Å². The maximum atomic E-state index is 11.7. The van der Waals surface area contributed by atoms with Crippen LogP contribution >= 0.6 is 0 Å². The van der Waals surface area contributed by atoms with Gasteiger partial charge in [-0.1, -0.05) is 18.2 Å². The summed E-state index contributed by atoms with van der Waals surface area (Å²) in [5, 5.41) is 0. The van der Waals surface area contributed by atoms with Gasteiger partial charge in [-0.15, -0.1) is 0 Å². The van der Waals surface area contributed by atoms with E-state index in [0.717, 1.165) is 12.2 Å². The highest BCUT2D eigenvalue weighted by Gasteiger charge is 2.09. The van der Waals surface area contributed by atoms with E-state index in [4.69, 9.17) is 0 Å². The molecule has 0 bridgehead atoms. The van der Waals surface area contributed by atoms with E-state index in [9.17, 15) is 4.79 Å². The molecule has 0 heterocycles. The average molecular weight is 206 g/mol. The molecule has 0 aliphatic heterocycles. The molecule has 3 heteroatoms. The van der Waals surface area contributed by atoms with Crippen molar-refractivity contribution in [2.45, 2.75) is 6.42 Å². The number of anilines is 1. The van der Waals surface area contributed by atoms with Gasteiger partial charge >= 0.3 is 0 Å². The molecule has 3 nitrogen and oxygen atoms in total. The van der Waals surface area contributed by atoms with Gasteiger partial charge in [-0.25, -0.2) is 0 Å². The Morgan fingerprint density at radius 3 is 2.27 bits per heavy atom. The lowest BCUT2D eigenvalue weighted by atomic mass is 10.2. The molecule has 0 aromatic heterocycles. The third-order valence-electron chi connectivity index (χ3n) is 2.29. The molecule has 0 fully saturated rings. The monoisotopic (exact) mass is 206 g/mol. The molecule has 0 atom stereocenters. The van der Waals surface area contributed by atoms with E-state index < -0.39 is 0 Å². The molecule has 1 rings (SSSR count). The van der Waals surface area contributed by atoms with Gasteiger partial charge in [0, 0.05) is 25.7 Å². The predicted molar refractivity (Wildman–Crippen MR) is 63.0 cm³/mol. The molecule has 0 radical (unpaired) electrons. The van der Waals surface area contributed by atoms with Gasteiger partial charge in [0.1, 0.15) is 0 Å². The van der Waals surface area contributed by atoms with Crippen LogP contribution in [0.4, 0.5) is 5.69 Å². The lowest BCUT2D eigenvalue weighted by Crippen LogP contribution is -2.29. The first-order chi connectivity index (χ1) is 7.11. The lowest BCUT2D eigenvalue weighted by molar-refractivity contribution is -0.118. The van der Waals surface area contributed by atoms with Crippen molar-refractivity contribution >= 4 is 11.6 Å². The smallest absolute Gasteiger partial charge is 0.228 e. The van der Waals surface area contributed by atoms with Crippen LogP contribution in [0.3, 0.4) is 0 Å². The SMILES string of the molecule is CN(C)CCC(=O)N(C)c1ccccc1. The number of nitrogens with zero attached hydrogens (tertiary/aromatic N) is 2. The second-order valence-electron chi connectivity index (χ2n) is 3.84. The Morgan fingerprint density at radius 1 is 1.13 bits per heavy atom. The summed E-state index contributed by atoms with van der Waals surface area (Å²) < 4.78 is 0. The van der Waals surface area contributed by atoms with Crippen molar-refractivity contribution in [1.29, 1.82) is 0 Å². The van der Waals surface area contributed by atoms with Gasteiger partial charge in [-0.2, -0.15) is 0 Å². The summed E-state index contributed by atoms with van der Waals surface area (Å²) in [7, 11) is 5.75. The van der Waals surface area contributed by atoms with Gasteiger partial charge in [-0.05, 0) is 26.2 Å². The van der Waals surface area contributed by atoms with Crippen LogP contribution < -0.4 is 4.90 Å². The third-order valence-corrected chi connectivity index (χ3v) is 2.29. The number of para-hydroxylation sites is 1. The highest BCUT2D eigenvalue weighted by molar-refractivity contribution is 5.92. The van der Waals surface area contributed by atoms with E-state index in [1.807, 2.05) is 56.4 Å². The second-order valence-corrected chi connectivity index (χ2v) is 3.84. The maximum absolute atomic E-state index is 11.7. The zero-order chi connectivity index (χ0) is 11.3. The van der Waals surface area contributed by atoms with E-state index in [0.29, 0.717) is 6.42 Å². The minimum absolute atomic E-state index is 0.148. The largest absolute Gasteiger partial charge is 0.315 e. The number of carbonyl (C=O) groups excluding carboxylic acids is 1. The summed E-state index contributed by atoms with van der Waals surface area (Å²) in [6.07, 6.45) is 0.554. The van der Waals surface area contributed by atoms with E-state index >= 15 is 0 Å². The molecule has 82 valence electrons. The van der Waals surface area contributed by atoms with E-state index in [2.05, 4.69) is 0 Å². The third kappa shape index (κ3) is 3.72. The van der Waals surface area contributed by atoms with Gasteiger partial charge in [0.25, 0.3) is 0 Å². The highest BCUT2D eigenvalue weighted by atomic mass is 16.2. The van der Waals surface area contributed by atoms with E-state index in [-0.39, 0.29) is 5.91 Å². The highest BCUT2D eigenvalue weighted by Crippen LogP contribution is 2.11. The van der Waals surface area contributed by atoms with Crippen molar-refractivity contribution in [2.24, 2.45) is 0 Å². The van der Waals surface area contributed by atoms with Crippen LogP contribution in [0.2, 0.25) is 0 Å². The number of hydrogen-bond donors (Lipinski definition) is 0. The van der Waals surface area contributed by atoms with Gasteiger partial charge in [0.15, 0.2) is 0 Å². The standard InChI is InChI=1S/C12H18N2O/c1-13(2)10-9-12(15)14(3)11-7-5-4-6-8-11/h4-8H,9-10H2,1-3H3. The Morgan fingerprint density at radius 2 is 1.73 bits per heavy atom. The molecule has 0 saturated carbocycles. The second kappa shape index (κ2) is 5.51. The van der Waals surface area contributed by atoms with Crippen LogP contribution in [0, 0.1) is 0 Å². The van der Waals surface area contributed by atoms with Crippen LogP contribution in [0.5, 0.6) is 0 Å². The van der Waals surface area contributed by atoms with E-state index in [1.165, 1.54) is 0 Å². The number of hydrogen-bond acceptors (Lipinski definition) is 2. The van der Waals surface area contributed by atoms with Crippen LogP contribution in [-0.2, 0) is 4.79 Å². The quantitative estimate of drug-likeness (QED) is 0.747. The molecule has 0 N–H and O–H groups in total. The molecule has 1 amide bonds. The molecule has 0 aliphatic rings. The summed E-state index contributed by atoms with van der Waals surface area (Å²) >= 11 is 0. The Labute approximate surface area is 91.3 Å². The van der Waals surface area contributed by atoms with Crippen molar-refractivity contribution in [1.82, 2.24) is 4.90 Å². The fraction of sp³-hybridized carbons (Fsp3) is 0.417. The minimum atomic E-state index is 0.148. The van der Waals surface area contributed by atoms with Crippen LogP contribution in [-0.4, -0.2) is 38.5 Å². The van der Waals surface area contributed by atoms with Gasteiger partial charge in [0.2, 0.25) is 5.91 Å². The molecular formula is C12H18N2O. The fourth-order valence-corrected chi connectivity index (χ4v) is 1.28. The van der Waals surface area contributed by atoms with Gasteiger partial charge < -0.3 is 9.80 Å². The van der Waals surface area contributed by atoms with Crippen LogP contribution in [0.25, 0.3) is 0 Å². The van der Waals surface area contributed by atoms with Gasteiger partial charge in [-0.3, -0.25) is 4.79 Å². The number of benzene rings is 1. The maximum Gasteiger partial charge on any atom is 0.228 e. The molecule has 0 aliphatic carbocycles. The summed E-state index contributed by atoms with van der Waals surface area (Å²) in [5.41, 5.74) is 0.946. The lowest BCUT2D eigenvalue weighted by Gasteiger charge is -2.18. The average Bonchev–Trinajstić information content (AvgIpc) is 2.26. The summed E-state index contributed by atoms with van der Waals surface area (Å²) in [4.78, 5) is 15.5. The van der Waals surface area contributed by atoms with Gasteiger partial charge in [0.05, 0.1) is 0 Å². The Kier molecular flexibility index (Phi) is 4.31.